The minimum Gasteiger partial charge on any atom is -0.337 e. The molecule has 2 N–H and O–H groups in total. The van der Waals surface area contributed by atoms with E-state index < -0.39 is 0 Å². The van der Waals surface area contributed by atoms with Gasteiger partial charge in [0.2, 0.25) is 0 Å². The van der Waals surface area contributed by atoms with Crippen molar-refractivity contribution < 1.29 is 4.79 Å². The number of hydrogen-bond donors (Lipinski definition) is 2. The van der Waals surface area contributed by atoms with Crippen LogP contribution < -0.4 is 10.6 Å². The summed E-state index contributed by atoms with van der Waals surface area (Å²) in [5.41, 5.74) is 1.01. The molecule has 1 aromatic rings. The lowest BCUT2D eigenvalue weighted by Crippen LogP contribution is -2.43. The summed E-state index contributed by atoms with van der Waals surface area (Å²) in [6.45, 7) is 5.62. The lowest BCUT2D eigenvalue weighted by Gasteiger charge is -2.22. The van der Waals surface area contributed by atoms with Crippen molar-refractivity contribution in [1.29, 1.82) is 0 Å². The molecule has 2 heterocycles. The highest BCUT2D eigenvalue weighted by molar-refractivity contribution is 5.73. The lowest BCUT2D eigenvalue weighted by atomic mass is 10.2. The number of nitrogens with one attached hydrogen (secondary N) is 2. The zero-order valence-electron chi connectivity index (χ0n) is 11.4. The molecule has 1 aliphatic heterocycles. The average Bonchev–Trinajstić information content (AvgIpc) is 2.91. The second-order valence-electron chi connectivity index (χ2n) is 4.85. The maximum Gasteiger partial charge on any atom is 0.315 e. The van der Waals surface area contributed by atoms with Crippen LogP contribution in [0.4, 0.5) is 4.79 Å². The standard InChI is InChI=1S/C14H22N4O/c1-2-18-8-4-6-13(18)11-17-14(19)16-10-12-5-3-7-15-9-12/h3,5,7,9,13H,2,4,6,8,10-11H2,1H3,(H2,16,17,19). The van der Waals surface area contributed by atoms with E-state index in [1.807, 2.05) is 12.1 Å². The summed E-state index contributed by atoms with van der Waals surface area (Å²) in [7, 11) is 0. The van der Waals surface area contributed by atoms with Crippen molar-refractivity contribution in [2.24, 2.45) is 0 Å². The fourth-order valence-electron chi connectivity index (χ4n) is 2.50. The molecule has 2 amide bonds. The van der Waals surface area contributed by atoms with Crippen LogP contribution in [0.25, 0.3) is 0 Å². The average molecular weight is 262 g/mol. The number of carbonyl (C=O) groups excluding carboxylic acids is 1. The molecule has 2 rings (SSSR count). The molecule has 104 valence electrons. The normalized spacial score (nSPS) is 19.3. The van der Waals surface area contributed by atoms with E-state index in [0.29, 0.717) is 12.6 Å². The zero-order chi connectivity index (χ0) is 13.5. The van der Waals surface area contributed by atoms with Gasteiger partial charge in [-0.15, -0.1) is 0 Å². The topological polar surface area (TPSA) is 57.3 Å². The van der Waals surface area contributed by atoms with Gasteiger partial charge in [0.25, 0.3) is 0 Å². The van der Waals surface area contributed by atoms with Crippen LogP contribution in [0.1, 0.15) is 25.3 Å². The number of aromatic nitrogens is 1. The van der Waals surface area contributed by atoms with Crippen LogP contribution in [-0.2, 0) is 6.54 Å². The molecule has 0 spiro atoms. The zero-order valence-corrected chi connectivity index (χ0v) is 11.4. The van der Waals surface area contributed by atoms with Crippen LogP contribution >= 0.6 is 0 Å². The van der Waals surface area contributed by atoms with Crippen LogP contribution in [0.2, 0.25) is 0 Å². The van der Waals surface area contributed by atoms with Crippen LogP contribution in [0.15, 0.2) is 24.5 Å². The van der Waals surface area contributed by atoms with Crippen molar-refractivity contribution >= 4 is 6.03 Å². The van der Waals surface area contributed by atoms with Crippen molar-refractivity contribution in [3.63, 3.8) is 0 Å². The van der Waals surface area contributed by atoms with Gasteiger partial charge in [0, 0.05) is 31.5 Å². The Kier molecular flexibility index (Phi) is 5.15. The van der Waals surface area contributed by atoms with Crippen molar-refractivity contribution in [3.05, 3.63) is 30.1 Å². The molecule has 1 fully saturated rings. The van der Waals surface area contributed by atoms with Crippen LogP contribution in [0.3, 0.4) is 0 Å². The quantitative estimate of drug-likeness (QED) is 0.842. The summed E-state index contributed by atoms with van der Waals surface area (Å²) in [6, 6.07) is 4.20. The number of pyridine rings is 1. The van der Waals surface area contributed by atoms with Gasteiger partial charge in [0.1, 0.15) is 0 Å². The maximum absolute atomic E-state index is 11.7. The van der Waals surface area contributed by atoms with E-state index in [2.05, 4.69) is 27.4 Å². The van der Waals surface area contributed by atoms with Crippen molar-refractivity contribution in [2.45, 2.75) is 32.4 Å². The van der Waals surface area contributed by atoms with Gasteiger partial charge in [-0.1, -0.05) is 13.0 Å². The van der Waals surface area contributed by atoms with E-state index in [1.165, 1.54) is 12.8 Å². The number of nitrogens with zero attached hydrogens (tertiary/aromatic N) is 2. The molecule has 0 aliphatic carbocycles. The minimum absolute atomic E-state index is 0.105. The maximum atomic E-state index is 11.7. The largest absolute Gasteiger partial charge is 0.337 e. The third kappa shape index (κ3) is 4.21. The Morgan fingerprint density at radius 3 is 3.16 bits per heavy atom. The summed E-state index contributed by atoms with van der Waals surface area (Å²) in [6.07, 6.45) is 5.90. The molecular weight excluding hydrogens is 240 g/mol. The lowest BCUT2D eigenvalue weighted by molar-refractivity contribution is 0.228. The second-order valence-corrected chi connectivity index (χ2v) is 4.85. The smallest absolute Gasteiger partial charge is 0.315 e. The van der Waals surface area contributed by atoms with Crippen molar-refractivity contribution in [2.75, 3.05) is 19.6 Å². The molecule has 1 unspecified atom stereocenters. The van der Waals surface area contributed by atoms with E-state index in [1.54, 1.807) is 12.4 Å². The molecule has 1 atom stereocenters. The Labute approximate surface area is 114 Å². The number of hydrogen-bond acceptors (Lipinski definition) is 3. The first-order valence-electron chi connectivity index (χ1n) is 6.94. The van der Waals surface area contributed by atoms with E-state index in [-0.39, 0.29) is 6.03 Å². The van der Waals surface area contributed by atoms with Crippen LogP contribution in [0.5, 0.6) is 0 Å². The first-order chi connectivity index (χ1) is 9.29. The number of amides is 2. The molecular formula is C14H22N4O. The first-order valence-corrected chi connectivity index (χ1v) is 6.94. The van der Waals surface area contributed by atoms with Crippen molar-refractivity contribution in [3.8, 4) is 0 Å². The third-order valence-corrected chi connectivity index (χ3v) is 3.58. The molecule has 1 aliphatic rings. The number of likely N-dealkylation sites (N-methyl/N-ethyl adjacent to an activating group) is 1. The second kappa shape index (κ2) is 7.09. The first kappa shape index (κ1) is 13.8. The summed E-state index contributed by atoms with van der Waals surface area (Å²) < 4.78 is 0. The highest BCUT2D eigenvalue weighted by Crippen LogP contribution is 2.15. The molecule has 19 heavy (non-hydrogen) atoms. The Balaban J connectivity index is 1.67. The fourth-order valence-corrected chi connectivity index (χ4v) is 2.50. The van der Waals surface area contributed by atoms with E-state index in [0.717, 1.165) is 25.2 Å². The number of likely N-dealkylation sites (tertiary alicyclic amines) is 1. The highest BCUT2D eigenvalue weighted by atomic mass is 16.2. The summed E-state index contributed by atoms with van der Waals surface area (Å²) >= 11 is 0. The monoisotopic (exact) mass is 262 g/mol. The predicted molar refractivity (Wildman–Crippen MR) is 74.7 cm³/mol. The molecule has 0 aromatic carbocycles. The Bertz CT molecular complexity index is 396. The Morgan fingerprint density at radius 2 is 2.42 bits per heavy atom. The number of carbonyl (C=O) groups is 1. The van der Waals surface area contributed by atoms with Gasteiger partial charge in [-0.2, -0.15) is 0 Å². The van der Waals surface area contributed by atoms with Gasteiger partial charge in [-0.3, -0.25) is 9.88 Å². The number of urea groups is 1. The Hall–Kier alpha value is -1.62. The molecule has 0 radical (unpaired) electrons. The summed E-state index contributed by atoms with van der Waals surface area (Å²) in [5.74, 6) is 0. The van der Waals surface area contributed by atoms with Crippen LogP contribution in [0, 0.1) is 0 Å². The number of rotatable bonds is 5. The molecule has 1 saturated heterocycles. The Morgan fingerprint density at radius 1 is 1.53 bits per heavy atom. The fraction of sp³-hybridized carbons (Fsp3) is 0.571. The van der Waals surface area contributed by atoms with E-state index in [4.69, 9.17) is 0 Å². The molecule has 1 aromatic heterocycles. The van der Waals surface area contributed by atoms with E-state index in [9.17, 15) is 4.79 Å². The predicted octanol–water partition coefficient (Wildman–Crippen LogP) is 1.37. The molecule has 0 bridgehead atoms. The van der Waals surface area contributed by atoms with Gasteiger partial charge in [-0.05, 0) is 37.6 Å². The van der Waals surface area contributed by atoms with Gasteiger partial charge < -0.3 is 10.6 Å². The van der Waals surface area contributed by atoms with Gasteiger partial charge in [-0.25, -0.2) is 4.79 Å². The van der Waals surface area contributed by atoms with Gasteiger partial charge in [0.15, 0.2) is 0 Å². The highest BCUT2D eigenvalue weighted by Gasteiger charge is 2.22. The van der Waals surface area contributed by atoms with E-state index >= 15 is 0 Å². The minimum atomic E-state index is -0.105. The SMILES string of the molecule is CCN1CCCC1CNC(=O)NCc1cccnc1. The molecule has 0 saturated carbocycles. The summed E-state index contributed by atoms with van der Waals surface area (Å²) in [4.78, 5) is 18.1. The third-order valence-electron chi connectivity index (χ3n) is 3.58. The van der Waals surface area contributed by atoms with Gasteiger partial charge in [0.05, 0.1) is 0 Å². The molecule has 5 nitrogen and oxygen atoms in total. The summed E-state index contributed by atoms with van der Waals surface area (Å²) in [5, 5.41) is 5.79. The van der Waals surface area contributed by atoms with Crippen molar-refractivity contribution in [1.82, 2.24) is 20.5 Å². The van der Waals surface area contributed by atoms with Crippen LogP contribution in [-0.4, -0.2) is 41.6 Å². The van der Waals surface area contributed by atoms with Gasteiger partial charge >= 0.3 is 6.03 Å². The molecule has 5 heteroatoms.